The van der Waals surface area contributed by atoms with Crippen molar-refractivity contribution >= 4 is 11.2 Å². The SMILES string of the molecule is CCOc1ccc2[nH]c(C3Cc4ccccc4C3)nc2n1. The highest BCUT2D eigenvalue weighted by Crippen LogP contribution is 2.33. The molecular formula is C17H17N3O. The Balaban J connectivity index is 1.66. The third kappa shape index (κ3) is 2.17. The van der Waals surface area contributed by atoms with E-state index in [0.29, 0.717) is 18.4 Å². The minimum atomic E-state index is 0.423. The van der Waals surface area contributed by atoms with Gasteiger partial charge in [0.2, 0.25) is 5.88 Å². The average molecular weight is 279 g/mol. The van der Waals surface area contributed by atoms with Crippen LogP contribution in [0.2, 0.25) is 0 Å². The molecule has 1 aliphatic rings. The molecule has 0 saturated heterocycles. The number of fused-ring (bicyclic) bond motifs is 2. The number of H-pyrrole nitrogens is 1. The fourth-order valence-electron chi connectivity index (χ4n) is 3.07. The Hall–Kier alpha value is -2.36. The molecule has 0 aliphatic heterocycles. The molecule has 106 valence electrons. The Kier molecular flexibility index (Phi) is 2.88. The quantitative estimate of drug-likeness (QED) is 0.800. The number of hydrogen-bond donors (Lipinski definition) is 1. The number of imidazole rings is 1. The number of ether oxygens (including phenoxy) is 1. The van der Waals surface area contributed by atoms with Gasteiger partial charge >= 0.3 is 0 Å². The molecule has 2 heterocycles. The number of aromatic nitrogens is 3. The molecule has 21 heavy (non-hydrogen) atoms. The molecule has 0 saturated carbocycles. The van der Waals surface area contributed by atoms with Gasteiger partial charge < -0.3 is 9.72 Å². The summed E-state index contributed by atoms with van der Waals surface area (Å²) in [6, 6.07) is 12.5. The molecule has 0 fully saturated rings. The van der Waals surface area contributed by atoms with E-state index in [4.69, 9.17) is 4.74 Å². The molecule has 3 aromatic rings. The van der Waals surface area contributed by atoms with Crippen molar-refractivity contribution in [3.63, 3.8) is 0 Å². The summed E-state index contributed by atoms with van der Waals surface area (Å²) in [7, 11) is 0. The number of pyridine rings is 1. The third-order valence-corrected chi connectivity index (χ3v) is 4.07. The third-order valence-electron chi connectivity index (χ3n) is 4.07. The molecule has 4 heteroatoms. The van der Waals surface area contributed by atoms with Gasteiger partial charge in [0.05, 0.1) is 12.1 Å². The van der Waals surface area contributed by atoms with Gasteiger partial charge in [0, 0.05) is 12.0 Å². The number of aromatic amines is 1. The lowest BCUT2D eigenvalue weighted by molar-refractivity contribution is 0.328. The predicted molar refractivity (Wildman–Crippen MR) is 81.6 cm³/mol. The fourth-order valence-corrected chi connectivity index (χ4v) is 3.07. The summed E-state index contributed by atoms with van der Waals surface area (Å²) in [6.45, 7) is 2.57. The van der Waals surface area contributed by atoms with E-state index in [1.165, 1.54) is 11.1 Å². The van der Waals surface area contributed by atoms with Crippen LogP contribution in [0.25, 0.3) is 11.2 Å². The van der Waals surface area contributed by atoms with Gasteiger partial charge in [0.1, 0.15) is 5.82 Å². The first kappa shape index (κ1) is 12.4. The van der Waals surface area contributed by atoms with Gasteiger partial charge in [-0.25, -0.2) is 4.98 Å². The number of hydrogen-bond acceptors (Lipinski definition) is 3. The van der Waals surface area contributed by atoms with E-state index in [9.17, 15) is 0 Å². The van der Waals surface area contributed by atoms with E-state index >= 15 is 0 Å². The Bertz CT molecular complexity index is 769. The first-order valence-corrected chi connectivity index (χ1v) is 7.39. The standard InChI is InChI=1S/C17H17N3O/c1-2-21-15-8-7-14-17(19-15)20-16(18-14)13-9-11-5-3-4-6-12(11)10-13/h3-8,13H,2,9-10H2,1H3,(H,18,19,20). The van der Waals surface area contributed by atoms with Crippen molar-refractivity contribution in [2.75, 3.05) is 6.61 Å². The number of nitrogens with zero attached hydrogens (tertiary/aromatic N) is 2. The van der Waals surface area contributed by atoms with Gasteiger partial charge in [0.15, 0.2) is 5.65 Å². The molecule has 4 rings (SSSR count). The molecule has 0 atom stereocenters. The van der Waals surface area contributed by atoms with Gasteiger partial charge in [-0.2, -0.15) is 4.98 Å². The molecule has 0 spiro atoms. The Morgan fingerprint density at radius 3 is 2.57 bits per heavy atom. The maximum absolute atomic E-state index is 5.43. The van der Waals surface area contributed by atoms with Crippen LogP contribution in [0.4, 0.5) is 0 Å². The molecular weight excluding hydrogens is 262 g/mol. The smallest absolute Gasteiger partial charge is 0.215 e. The van der Waals surface area contributed by atoms with Crippen LogP contribution in [0.1, 0.15) is 29.8 Å². The van der Waals surface area contributed by atoms with E-state index in [1.54, 1.807) is 0 Å². The van der Waals surface area contributed by atoms with Gasteiger partial charge in [-0.3, -0.25) is 0 Å². The lowest BCUT2D eigenvalue weighted by atomic mass is 10.1. The summed E-state index contributed by atoms with van der Waals surface area (Å²) in [5.74, 6) is 2.09. The summed E-state index contributed by atoms with van der Waals surface area (Å²) in [5.41, 5.74) is 4.59. The van der Waals surface area contributed by atoms with Crippen molar-refractivity contribution in [2.24, 2.45) is 0 Å². The van der Waals surface area contributed by atoms with Gasteiger partial charge in [-0.15, -0.1) is 0 Å². The first-order valence-electron chi connectivity index (χ1n) is 7.39. The van der Waals surface area contributed by atoms with E-state index in [2.05, 4.69) is 39.2 Å². The van der Waals surface area contributed by atoms with Crippen molar-refractivity contribution in [3.05, 3.63) is 53.3 Å². The summed E-state index contributed by atoms with van der Waals surface area (Å²) in [6.07, 6.45) is 2.10. The zero-order chi connectivity index (χ0) is 14.2. The van der Waals surface area contributed by atoms with Crippen LogP contribution in [-0.4, -0.2) is 21.6 Å². The van der Waals surface area contributed by atoms with Gasteiger partial charge in [-0.05, 0) is 37.0 Å². The van der Waals surface area contributed by atoms with E-state index in [-0.39, 0.29) is 0 Å². The number of nitrogens with one attached hydrogen (secondary N) is 1. The summed E-state index contributed by atoms with van der Waals surface area (Å²) in [4.78, 5) is 12.5. The van der Waals surface area contributed by atoms with Crippen LogP contribution in [0.5, 0.6) is 5.88 Å². The Labute approximate surface area is 123 Å². The van der Waals surface area contributed by atoms with Crippen molar-refractivity contribution in [1.82, 2.24) is 15.0 Å². The molecule has 0 radical (unpaired) electrons. The molecule has 0 unspecified atom stereocenters. The molecule has 4 nitrogen and oxygen atoms in total. The van der Waals surface area contributed by atoms with Crippen LogP contribution >= 0.6 is 0 Å². The lowest BCUT2D eigenvalue weighted by Crippen LogP contribution is -2.00. The first-order chi connectivity index (χ1) is 10.3. The van der Waals surface area contributed by atoms with Gasteiger partial charge in [-0.1, -0.05) is 24.3 Å². The highest BCUT2D eigenvalue weighted by Gasteiger charge is 2.25. The summed E-state index contributed by atoms with van der Waals surface area (Å²) >= 11 is 0. The molecule has 0 bridgehead atoms. The topological polar surface area (TPSA) is 50.8 Å². The normalized spacial score (nSPS) is 14.5. The van der Waals surface area contributed by atoms with Crippen molar-refractivity contribution in [2.45, 2.75) is 25.7 Å². The molecule has 0 amide bonds. The van der Waals surface area contributed by atoms with Crippen molar-refractivity contribution in [3.8, 4) is 5.88 Å². The van der Waals surface area contributed by atoms with E-state index in [1.807, 2.05) is 19.1 Å². The highest BCUT2D eigenvalue weighted by molar-refractivity contribution is 5.71. The zero-order valence-electron chi connectivity index (χ0n) is 12.0. The fraction of sp³-hybridized carbons (Fsp3) is 0.294. The maximum Gasteiger partial charge on any atom is 0.215 e. The highest BCUT2D eigenvalue weighted by atomic mass is 16.5. The Morgan fingerprint density at radius 1 is 1.10 bits per heavy atom. The number of rotatable bonds is 3. The maximum atomic E-state index is 5.43. The predicted octanol–water partition coefficient (Wildman–Crippen LogP) is 3.24. The molecule has 1 N–H and O–H groups in total. The number of benzene rings is 1. The molecule has 1 aliphatic carbocycles. The minimum absolute atomic E-state index is 0.423. The van der Waals surface area contributed by atoms with E-state index in [0.717, 1.165) is 29.8 Å². The van der Waals surface area contributed by atoms with Gasteiger partial charge in [0.25, 0.3) is 0 Å². The second-order valence-corrected chi connectivity index (χ2v) is 5.45. The molecule has 1 aromatic carbocycles. The monoisotopic (exact) mass is 279 g/mol. The van der Waals surface area contributed by atoms with Crippen LogP contribution in [0.3, 0.4) is 0 Å². The minimum Gasteiger partial charge on any atom is -0.478 e. The second kappa shape index (κ2) is 4.88. The van der Waals surface area contributed by atoms with Crippen LogP contribution < -0.4 is 4.74 Å². The molecule has 2 aromatic heterocycles. The van der Waals surface area contributed by atoms with Crippen molar-refractivity contribution in [1.29, 1.82) is 0 Å². The zero-order valence-corrected chi connectivity index (χ0v) is 12.0. The second-order valence-electron chi connectivity index (χ2n) is 5.45. The van der Waals surface area contributed by atoms with Crippen molar-refractivity contribution < 1.29 is 4.74 Å². The summed E-state index contributed by atoms with van der Waals surface area (Å²) in [5, 5.41) is 0. The largest absolute Gasteiger partial charge is 0.478 e. The van der Waals surface area contributed by atoms with E-state index < -0.39 is 0 Å². The van der Waals surface area contributed by atoms with Crippen LogP contribution in [-0.2, 0) is 12.8 Å². The lowest BCUT2D eigenvalue weighted by Gasteiger charge is -2.03. The summed E-state index contributed by atoms with van der Waals surface area (Å²) < 4.78 is 5.43. The van der Waals surface area contributed by atoms with Crippen LogP contribution in [0, 0.1) is 0 Å². The Morgan fingerprint density at radius 2 is 1.86 bits per heavy atom. The average Bonchev–Trinajstić information content (AvgIpc) is 3.10. The van der Waals surface area contributed by atoms with Crippen LogP contribution in [0.15, 0.2) is 36.4 Å².